The summed E-state index contributed by atoms with van der Waals surface area (Å²) in [5.74, 6) is 0.287. The van der Waals surface area contributed by atoms with E-state index in [2.05, 4.69) is 10.4 Å². The van der Waals surface area contributed by atoms with E-state index in [9.17, 15) is 4.79 Å². The molecule has 1 aromatic rings. The van der Waals surface area contributed by atoms with E-state index >= 15 is 0 Å². The molecule has 2 saturated heterocycles. The molecule has 3 rings (SSSR count). The van der Waals surface area contributed by atoms with E-state index in [1.807, 2.05) is 0 Å². The standard InChI is InChI=1S/C11H11Cl3N4O/c12-6-5-7(13)10(15-9(6)14)18-11(19)17-4-2-1-3-8(17)16-18/h5,8,16H,1-4H2. The van der Waals surface area contributed by atoms with Crippen molar-refractivity contribution >= 4 is 46.7 Å². The molecule has 1 aromatic heterocycles. The summed E-state index contributed by atoms with van der Waals surface area (Å²) in [6, 6.07) is 1.33. The lowest BCUT2D eigenvalue weighted by Gasteiger charge is -2.26. The first-order valence-electron chi connectivity index (χ1n) is 5.96. The van der Waals surface area contributed by atoms with Gasteiger partial charge in [0.15, 0.2) is 5.82 Å². The van der Waals surface area contributed by atoms with Gasteiger partial charge < -0.3 is 4.90 Å². The molecule has 0 aliphatic carbocycles. The number of hydrogen-bond donors (Lipinski definition) is 1. The summed E-state index contributed by atoms with van der Waals surface area (Å²) in [5, 5.41) is 2.02. The number of carbonyl (C=O) groups excluding carboxylic acids is 1. The molecule has 3 heterocycles. The molecule has 0 spiro atoms. The normalized spacial score (nSPS) is 22.9. The van der Waals surface area contributed by atoms with Crippen molar-refractivity contribution in [3.8, 4) is 0 Å². The van der Waals surface area contributed by atoms with E-state index in [-0.39, 0.29) is 33.2 Å². The number of urea groups is 1. The van der Waals surface area contributed by atoms with Crippen molar-refractivity contribution in [1.82, 2.24) is 15.3 Å². The molecule has 2 aliphatic heterocycles. The molecule has 5 nitrogen and oxygen atoms in total. The zero-order valence-electron chi connectivity index (χ0n) is 9.87. The first-order chi connectivity index (χ1) is 9.08. The van der Waals surface area contributed by atoms with Gasteiger partial charge in [-0.2, -0.15) is 0 Å². The number of pyridine rings is 1. The van der Waals surface area contributed by atoms with Crippen LogP contribution in [0.1, 0.15) is 19.3 Å². The number of halogens is 3. The molecule has 0 radical (unpaired) electrons. The molecule has 0 saturated carbocycles. The van der Waals surface area contributed by atoms with Crippen LogP contribution in [-0.4, -0.2) is 28.6 Å². The Kier molecular flexibility index (Phi) is 3.47. The lowest BCUT2D eigenvalue weighted by Crippen LogP contribution is -2.40. The van der Waals surface area contributed by atoms with Gasteiger partial charge >= 0.3 is 6.03 Å². The summed E-state index contributed by atoms with van der Waals surface area (Å²) < 4.78 is 0. The van der Waals surface area contributed by atoms with E-state index < -0.39 is 0 Å². The SMILES string of the molecule is O=C1N(c2nc(Cl)c(Cl)cc2Cl)NC2CCCCN12. The zero-order valence-corrected chi connectivity index (χ0v) is 12.1. The largest absolute Gasteiger partial charge is 0.341 e. The number of carbonyl (C=O) groups is 1. The third kappa shape index (κ3) is 2.25. The van der Waals surface area contributed by atoms with E-state index in [1.165, 1.54) is 11.1 Å². The van der Waals surface area contributed by atoms with Crippen molar-refractivity contribution in [3.63, 3.8) is 0 Å². The number of piperidine rings is 1. The average molecular weight is 322 g/mol. The molecule has 2 aliphatic rings. The fourth-order valence-electron chi connectivity index (χ4n) is 2.37. The van der Waals surface area contributed by atoms with Crippen molar-refractivity contribution in [3.05, 3.63) is 21.3 Å². The van der Waals surface area contributed by atoms with Gasteiger partial charge in [-0.15, -0.1) is 0 Å². The first-order valence-corrected chi connectivity index (χ1v) is 7.10. The number of anilines is 1. The number of hydrogen-bond acceptors (Lipinski definition) is 3. The Hall–Kier alpha value is -0.750. The number of aromatic nitrogens is 1. The Morgan fingerprint density at radius 3 is 2.79 bits per heavy atom. The molecular weight excluding hydrogens is 311 g/mol. The number of rotatable bonds is 1. The van der Waals surface area contributed by atoms with Crippen molar-refractivity contribution < 1.29 is 4.79 Å². The molecule has 0 aromatic carbocycles. The van der Waals surface area contributed by atoms with Crippen LogP contribution in [0.2, 0.25) is 15.2 Å². The molecule has 2 amide bonds. The summed E-state index contributed by atoms with van der Waals surface area (Å²) >= 11 is 17.8. The lowest BCUT2D eigenvalue weighted by molar-refractivity contribution is 0.179. The minimum atomic E-state index is -0.155. The molecule has 102 valence electrons. The van der Waals surface area contributed by atoms with Crippen LogP contribution < -0.4 is 10.4 Å². The minimum Gasteiger partial charge on any atom is -0.306 e. The predicted octanol–water partition coefficient (Wildman–Crippen LogP) is 3.30. The predicted molar refractivity (Wildman–Crippen MR) is 74.6 cm³/mol. The third-order valence-electron chi connectivity index (χ3n) is 3.30. The van der Waals surface area contributed by atoms with Crippen LogP contribution in [0.3, 0.4) is 0 Å². The van der Waals surface area contributed by atoms with E-state index in [0.29, 0.717) is 0 Å². The quantitative estimate of drug-likeness (QED) is 0.807. The molecule has 1 unspecified atom stereocenters. The molecule has 1 atom stereocenters. The fourth-order valence-corrected chi connectivity index (χ4v) is 2.95. The van der Waals surface area contributed by atoms with Gasteiger partial charge in [-0.1, -0.05) is 34.8 Å². The molecule has 2 fully saturated rings. The average Bonchev–Trinajstić information content (AvgIpc) is 2.72. The van der Waals surface area contributed by atoms with Crippen molar-refractivity contribution in [2.45, 2.75) is 25.4 Å². The number of fused-ring (bicyclic) bond motifs is 1. The summed E-state index contributed by atoms with van der Waals surface area (Å²) in [6.07, 6.45) is 3.04. The highest BCUT2D eigenvalue weighted by molar-refractivity contribution is 6.43. The van der Waals surface area contributed by atoms with Crippen molar-refractivity contribution in [1.29, 1.82) is 0 Å². The Balaban J connectivity index is 1.95. The van der Waals surface area contributed by atoms with Crippen LogP contribution in [0.5, 0.6) is 0 Å². The summed E-state index contributed by atoms with van der Waals surface area (Å²) in [7, 11) is 0. The third-order valence-corrected chi connectivity index (χ3v) is 4.25. The molecule has 19 heavy (non-hydrogen) atoms. The van der Waals surface area contributed by atoms with Gasteiger partial charge in [-0.3, -0.25) is 0 Å². The monoisotopic (exact) mass is 320 g/mol. The maximum atomic E-state index is 12.3. The maximum Gasteiger partial charge on any atom is 0.341 e. The summed E-state index contributed by atoms with van der Waals surface area (Å²) in [6.45, 7) is 0.742. The van der Waals surface area contributed by atoms with E-state index in [1.54, 1.807) is 4.90 Å². The second kappa shape index (κ2) is 4.98. The van der Waals surface area contributed by atoms with Gasteiger partial charge in [0.1, 0.15) is 11.3 Å². The summed E-state index contributed by atoms with van der Waals surface area (Å²) in [5.41, 5.74) is 3.11. The molecule has 0 bridgehead atoms. The van der Waals surface area contributed by atoms with Gasteiger partial charge in [0, 0.05) is 6.54 Å². The number of amides is 2. The van der Waals surface area contributed by atoms with Gasteiger partial charge in [0.2, 0.25) is 0 Å². The zero-order chi connectivity index (χ0) is 13.6. The molecule has 1 N–H and O–H groups in total. The number of nitrogens with one attached hydrogen (secondary N) is 1. The van der Waals surface area contributed by atoms with Crippen LogP contribution in [0.4, 0.5) is 10.6 Å². The van der Waals surface area contributed by atoms with E-state index in [0.717, 1.165) is 25.8 Å². The Morgan fingerprint density at radius 2 is 2.05 bits per heavy atom. The van der Waals surface area contributed by atoms with Crippen molar-refractivity contribution in [2.75, 3.05) is 11.6 Å². The highest BCUT2D eigenvalue weighted by Gasteiger charge is 2.40. The second-order valence-corrected chi connectivity index (χ2v) is 5.69. The van der Waals surface area contributed by atoms with Crippen LogP contribution >= 0.6 is 34.8 Å². The first kappa shape index (κ1) is 13.2. The summed E-state index contributed by atoms with van der Waals surface area (Å²) in [4.78, 5) is 18.2. The van der Waals surface area contributed by atoms with Crippen LogP contribution in [0.25, 0.3) is 0 Å². The van der Waals surface area contributed by atoms with Gasteiger partial charge in [0.25, 0.3) is 0 Å². The minimum absolute atomic E-state index is 0.00794. The Labute approximate surface area is 125 Å². The molecular formula is C11H11Cl3N4O. The van der Waals surface area contributed by atoms with Crippen LogP contribution in [-0.2, 0) is 0 Å². The van der Waals surface area contributed by atoms with Crippen LogP contribution in [0, 0.1) is 0 Å². The smallest absolute Gasteiger partial charge is 0.306 e. The Bertz CT molecular complexity index is 539. The maximum absolute atomic E-state index is 12.3. The lowest BCUT2D eigenvalue weighted by atomic mass is 10.1. The molecule has 8 heteroatoms. The van der Waals surface area contributed by atoms with E-state index in [4.69, 9.17) is 34.8 Å². The van der Waals surface area contributed by atoms with Gasteiger partial charge in [-0.25, -0.2) is 20.2 Å². The topological polar surface area (TPSA) is 48.5 Å². The fraction of sp³-hybridized carbons (Fsp3) is 0.455. The number of nitrogens with zero attached hydrogens (tertiary/aromatic N) is 3. The highest BCUT2D eigenvalue weighted by atomic mass is 35.5. The van der Waals surface area contributed by atoms with Gasteiger partial charge in [-0.05, 0) is 25.3 Å². The Morgan fingerprint density at radius 1 is 1.26 bits per heavy atom. The van der Waals surface area contributed by atoms with Gasteiger partial charge in [0.05, 0.1) is 10.0 Å². The van der Waals surface area contributed by atoms with Crippen LogP contribution in [0.15, 0.2) is 6.07 Å². The second-order valence-electron chi connectivity index (χ2n) is 4.52. The number of hydrazine groups is 1. The highest BCUT2D eigenvalue weighted by Crippen LogP contribution is 2.33. The van der Waals surface area contributed by atoms with Crippen molar-refractivity contribution in [2.24, 2.45) is 0 Å².